The average molecular weight is 442 g/mol. The zero-order chi connectivity index (χ0) is 15.6. The summed E-state index contributed by atoms with van der Waals surface area (Å²) in [6, 6.07) is 3.29. The summed E-state index contributed by atoms with van der Waals surface area (Å²) < 4.78 is 33.8. The van der Waals surface area contributed by atoms with Crippen molar-refractivity contribution in [1.82, 2.24) is 4.31 Å². The molecule has 1 saturated heterocycles. The van der Waals surface area contributed by atoms with Crippen molar-refractivity contribution in [2.24, 2.45) is 0 Å². The Morgan fingerprint density at radius 3 is 2.48 bits per heavy atom. The van der Waals surface area contributed by atoms with E-state index < -0.39 is 10.0 Å². The van der Waals surface area contributed by atoms with Gasteiger partial charge < -0.3 is 10.5 Å². The maximum Gasteiger partial charge on any atom is 0.246 e. The molecule has 0 atom stereocenters. The number of nitrogens with two attached hydrogens (primary N) is 1. The summed E-state index contributed by atoms with van der Waals surface area (Å²) >= 11 is 6.60. The standard InChI is InChI=1S/C13H18Br2N2O3S/c1-2-20-10-3-5-17(6-4-10)21(18,19)13-11(15)7-9(14)8-12(13)16/h7-8,10H,2-6,16H2,1H3. The highest BCUT2D eigenvalue weighted by atomic mass is 79.9. The molecule has 0 aromatic heterocycles. The Balaban J connectivity index is 2.24. The number of hydrogen-bond acceptors (Lipinski definition) is 4. The van der Waals surface area contributed by atoms with Crippen LogP contribution in [0.5, 0.6) is 0 Å². The quantitative estimate of drug-likeness (QED) is 0.729. The first-order valence-corrected chi connectivity index (χ1v) is 9.75. The smallest absolute Gasteiger partial charge is 0.246 e. The molecule has 1 aromatic rings. The van der Waals surface area contributed by atoms with Gasteiger partial charge in [-0.3, -0.25) is 0 Å². The molecule has 0 spiro atoms. The van der Waals surface area contributed by atoms with Gasteiger partial charge >= 0.3 is 0 Å². The van der Waals surface area contributed by atoms with Crippen LogP contribution in [0.3, 0.4) is 0 Å². The number of benzene rings is 1. The Labute approximate surface area is 142 Å². The second kappa shape index (κ2) is 6.95. The largest absolute Gasteiger partial charge is 0.398 e. The van der Waals surface area contributed by atoms with E-state index >= 15 is 0 Å². The van der Waals surface area contributed by atoms with Gasteiger partial charge in [-0.2, -0.15) is 4.31 Å². The summed E-state index contributed by atoms with van der Waals surface area (Å²) in [6.45, 7) is 3.51. The number of piperidine rings is 1. The van der Waals surface area contributed by atoms with Crippen molar-refractivity contribution in [3.63, 3.8) is 0 Å². The maximum atomic E-state index is 12.8. The first-order valence-electron chi connectivity index (χ1n) is 6.72. The fourth-order valence-corrected chi connectivity index (χ4v) is 5.94. The highest BCUT2D eigenvalue weighted by Crippen LogP contribution is 2.34. The number of rotatable bonds is 4. The third-order valence-corrected chi connectivity index (χ3v) is 6.80. The van der Waals surface area contributed by atoms with E-state index in [1.54, 1.807) is 12.1 Å². The molecule has 1 aromatic carbocycles. The van der Waals surface area contributed by atoms with Crippen molar-refractivity contribution in [3.8, 4) is 0 Å². The lowest BCUT2D eigenvalue weighted by atomic mass is 10.1. The molecular weight excluding hydrogens is 424 g/mol. The fourth-order valence-electron chi connectivity index (χ4n) is 2.46. The zero-order valence-electron chi connectivity index (χ0n) is 11.7. The molecule has 2 rings (SSSR count). The lowest BCUT2D eigenvalue weighted by Gasteiger charge is -2.31. The van der Waals surface area contributed by atoms with Crippen LogP contribution in [0.4, 0.5) is 5.69 Å². The third kappa shape index (κ3) is 3.79. The topological polar surface area (TPSA) is 72.6 Å². The van der Waals surface area contributed by atoms with Gasteiger partial charge in [-0.15, -0.1) is 0 Å². The molecule has 1 aliphatic rings. The van der Waals surface area contributed by atoms with Crippen LogP contribution in [0.1, 0.15) is 19.8 Å². The molecular formula is C13H18Br2N2O3S. The minimum atomic E-state index is -3.59. The first-order chi connectivity index (χ1) is 9.86. The van der Waals surface area contributed by atoms with Crippen LogP contribution < -0.4 is 5.73 Å². The van der Waals surface area contributed by atoms with E-state index in [2.05, 4.69) is 31.9 Å². The molecule has 0 bridgehead atoms. The summed E-state index contributed by atoms with van der Waals surface area (Å²) in [6.07, 6.45) is 1.56. The Morgan fingerprint density at radius 2 is 1.95 bits per heavy atom. The lowest BCUT2D eigenvalue weighted by Crippen LogP contribution is -2.41. The maximum absolute atomic E-state index is 12.8. The predicted molar refractivity (Wildman–Crippen MR) is 89.7 cm³/mol. The van der Waals surface area contributed by atoms with Crippen LogP contribution in [0.15, 0.2) is 26.0 Å². The van der Waals surface area contributed by atoms with Gasteiger partial charge in [0.05, 0.1) is 11.8 Å². The van der Waals surface area contributed by atoms with Gasteiger partial charge in [0.2, 0.25) is 10.0 Å². The van der Waals surface area contributed by atoms with E-state index in [4.69, 9.17) is 10.5 Å². The lowest BCUT2D eigenvalue weighted by molar-refractivity contribution is 0.0290. The van der Waals surface area contributed by atoms with E-state index in [1.165, 1.54) is 4.31 Å². The molecule has 5 nitrogen and oxygen atoms in total. The van der Waals surface area contributed by atoms with E-state index in [0.717, 1.165) is 4.47 Å². The highest BCUT2D eigenvalue weighted by Gasteiger charge is 2.32. The SMILES string of the molecule is CCOC1CCN(S(=O)(=O)c2c(N)cc(Br)cc2Br)CC1. The number of nitrogens with zero attached hydrogens (tertiary/aromatic N) is 1. The Morgan fingerprint density at radius 1 is 1.33 bits per heavy atom. The van der Waals surface area contributed by atoms with Crippen LogP contribution in [0, 0.1) is 0 Å². The summed E-state index contributed by atoms with van der Waals surface area (Å²) in [7, 11) is -3.59. The molecule has 1 aliphatic heterocycles. The summed E-state index contributed by atoms with van der Waals surface area (Å²) in [4.78, 5) is 0.139. The zero-order valence-corrected chi connectivity index (χ0v) is 15.7. The van der Waals surface area contributed by atoms with E-state index in [-0.39, 0.29) is 16.7 Å². The normalized spacial score (nSPS) is 18.0. The fraction of sp³-hybridized carbons (Fsp3) is 0.538. The van der Waals surface area contributed by atoms with Crippen LogP contribution in [0.2, 0.25) is 0 Å². The number of anilines is 1. The van der Waals surface area contributed by atoms with Gasteiger partial charge in [0, 0.05) is 28.6 Å². The second-order valence-electron chi connectivity index (χ2n) is 4.86. The van der Waals surface area contributed by atoms with E-state index in [9.17, 15) is 8.42 Å². The van der Waals surface area contributed by atoms with Gasteiger partial charge in [-0.1, -0.05) is 15.9 Å². The summed E-state index contributed by atoms with van der Waals surface area (Å²) in [5.74, 6) is 0. The van der Waals surface area contributed by atoms with Crippen molar-refractivity contribution < 1.29 is 13.2 Å². The molecule has 1 heterocycles. The Bertz CT molecular complexity index is 591. The van der Waals surface area contributed by atoms with Gasteiger partial charge in [0.25, 0.3) is 0 Å². The number of sulfonamides is 1. The molecule has 0 radical (unpaired) electrons. The second-order valence-corrected chi connectivity index (χ2v) is 8.51. The first kappa shape index (κ1) is 17.2. The molecule has 0 amide bonds. The molecule has 8 heteroatoms. The minimum absolute atomic E-state index is 0.139. The summed E-state index contributed by atoms with van der Waals surface area (Å²) in [5.41, 5.74) is 6.14. The van der Waals surface area contributed by atoms with E-state index in [0.29, 0.717) is 37.0 Å². The van der Waals surface area contributed by atoms with Gasteiger partial charge in [0.1, 0.15) is 4.90 Å². The van der Waals surface area contributed by atoms with Crippen molar-refractivity contribution in [1.29, 1.82) is 0 Å². The van der Waals surface area contributed by atoms with Gasteiger partial charge in [-0.25, -0.2) is 8.42 Å². The highest BCUT2D eigenvalue weighted by molar-refractivity contribution is 9.11. The van der Waals surface area contributed by atoms with Crippen molar-refractivity contribution in [2.45, 2.75) is 30.8 Å². The number of halogens is 2. The predicted octanol–water partition coefficient (Wildman–Crippen LogP) is 2.98. The van der Waals surface area contributed by atoms with Crippen LogP contribution in [0.25, 0.3) is 0 Å². The molecule has 118 valence electrons. The van der Waals surface area contributed by atoms with Crippen LogP contribution in [-0.2, 0) is 14.8 Å². The van der Waals surface area contributed by atoms with Crippen molar-refractivity contribution in [3.05, 3.63) is 21.1 Å². The molecule has 0 aliphatic carbocycles. The molecule has 1 fully saturated rings. The summed E-state index contributed by atoms with van der Waals surface area (Å²) in [5, 5.41) is 0. The molecule has 0 saturated carbocycles. The molecule has 0 unspecified atom stereocenters. The van der Waals surface area contributed by atoms with E-state index in [1.807, 2.05) is 6.92 Å². The van der Waals surface area contributed by atoms with Crippen molar-refractivity contribution in [2.75, 3.05) is 25.4 Å². The van der Waals surface area contributed by atoms with Crippen LogP contribution >= 0.6 is 31.9 Å². The van der Waals surface area contributed by atoms with Crippen molar-refractivity contribution >= 4 is 47.6 Å². The third-order valence-electron chi connectivity index (χ3n) is 3.44. The Hall–Kier alpha value is -0.150. The number of ether oxygens (including phenoxy) is 1. The van der Waals surface area contributed by atoms with Gasteiger partial charge in [-0.05, 0) is 47.8 Å². The van der Waals surface area contributed by atoms with Crippen LogP contribution in [-0.4, -0.2) is 38.5 Å². The Kier molecular flexibility index (Phi) is 5.70. The molecule has 2 N–H and O–H groups in total. The van der Waals surface area contributed by atoms with Gasteiger partial charge in [0.15, 0.2) is 0 Å². The number of nitrogen functional groups attached to an aromatic ring is 1. The average Bonchev–Trinajstić information content (AvgIpc) is 2.38. The molecule has 21 heavy (non-hydrogen) atoms. The monoisotopic (exact) mass is 440 g/mol. The minimum Gasteiger partial charge on any atom is -0.398 e. The number of hydrogen-bond donors (Lipinski definition) is 1.